The summed E-state index contributed by atoms with van der Waals surface area (Å²) in [6.07, 6.45) is 0.695. The molecule has 0 aliphatic heterocycles. The number of hydrogen-bond donors (Lipinski definition) is 0. The SMILES string of the molecule is Cc1ccccc1.O=Cc1ccccc1P=O.[NaH]. The summed E-state index contributed by atoms with van der Waals surface area (Å²) in [5.74, 6) is 0. The second-order valence-electron chi connectivity index (χ2n) is 3.42. The van der Waals surface area contributed by atoms with E-state index in [1.54, 1.807) is 24.3 Å². The number of rotatable bonds is 2. The van der Waals surface area contributed by atoms with Crippen molar-refractivity contribution in [3.63, 3.8) is 0 Å². The summed E-state index contributed by atoms with van der Waals surface area (Å²) in [6, 6.07) is 17.0. The summed E-state index contributed by atoms with van der Waals surface area (Å²) in [5.41, 5.74) is 1.81. The van der Waals surface area contributed by atoms with Crippen molar-refractivity contribution in [2.45, 2.75) is 6.92 Å². The summed E-state index contributed by atoms with van der Waals surface area (Å²) >= 11 is 0. The van der Waals surface area contributed by atoms with Crippen molar-refractivity contribution in [2.24, 2.45) is 0 Å². The Morgan fingerprint density at radius 2 is 1.50 bits per heavy atom. The van der Waals surface area contributed by atoms with Crippen molar-refractivity contribution in [2.75, 3.05) is 0 Å². The Hall–Kier alpha value is -0.790. The third kappa shape index (κ3) is 6.23. The van der Waals surface area contributed by atoms with E-state index >= 15 is 0 Å². The summed E-state index contributed by atoms with van der Waals surface area (Å²) in [7, 11) is -0.103. The maximum absolute atomic E-state index is 10.3. The number of carbonyl (C=O) groups excluding carboxylic acids is 1. The number of carbonyl (C=O) groups is 1. The fourth-order valence-electron chi connectivity index (χ4n) is 1.20. The van der Waals surface area contributed by atoms with Crippen LogP contribution < -0.4 is 5.30 Å². The summed E-state index contributed by atoms with van der Waals surface area (Å²) in [4.78, 5) is 10.2. The zero-order chi connectivity index (χ0) is 12.5. The van der Waals surface area contributed by atoms with Crippen LogP contribution in [0.15, 0.2) is 54.6 Å². The van der Waals surface area contributed by atoms with Gasteiger partial charge in [-0.1, -0.05) is 54.1 Å². The fraction of sp³-hybridized carbons (Fsp3) is 0.0714. The molecular formula is C14H14NaO2P. The number of aryl methyl sites for hydroxylation is 1. The molecule has 0 heterocycles. The van der Waals surface area contributed by atoms with Crippen LogP contribution in [-0.2, 0) is 4.57 Å². The quantitative estimate of drug-likeness (QED) is 0.477. The molecular weight excluding hydrogens is 254 g/mol. The molecule has 2 nitrogen and oxygen atoms in total. The van der Waals surface area contributed by atoms with E-state index in [1.807, 2.05) is 18.2 Å². The zero-order valence-electron chi connectivity index (χ0n) is 9.54. The Kier molecular flexibility index (Phi) is 9.72. The third-order valence-electron chi connectivity index (χ3n) is 2.10. The van der Waals surface area contributed by atoms with Gasteiger partial charge in [-0.25, -0.2) is 0 Å². The topological polar surface area (TPSA) is 34.1 Å². The Balaban J connectivity index is 0.000000321. The first-order valence-corrected chi connectivity index (χ1v) is 5.98. The van der Waals surface area contributed by atoms with Gasteiger partial charge in [0.2, 0.25) is 0 Å². The van der Waals surface area contributed by atoms with Crippen LogP contribution in [0.2, 0.25) is 0 Å². The van der Waals surface area contributed by atoms with Crippen LogP contribution in [0.25, 0.3) is 0 Å². The fourth-order valence-corrected chi connectivity index (χ4v) is 1.58. The van der Waals surface area contributed by atoms with Gasteiger partial charge in [0, 0.05) is 5.56 Å². The summed E-state index contributed by atoms with van der Waals surface area (Å²) in [6.45, 7) is 2.08. The van der Waals surface area contributed by atoms with Gasteiger partial charge in [-0.3, -0.25) is 9.36 Å². The first-order valence-electron chi connectivity index (χ1n) is 5.17. The Morgan fingerprint density at radius 3 is 1.89 bits per heavy atom. The van der Waals surface area contributed by atoms with E-state index in [0.29, 0.717) is 17.2 Å². The van der Waals surface area contributed by atoms with Crippen LogP contribution >= 0.6 is 8.46 Å². The van der Waals surface area contributed by atoms with Gasteiger partial charge in [-0.05, 0) is 13.0 Å². The first-order chi connectivity index (χ1) is 8.27. The predicted octanol–water partition coefficient (Wildman–Crippen LogP) is 2.76. The van der Waals surface area contributed by atoms with Crippen LogP contribution in [0.3, 0.4) is 0 Å². The molecule has 0 radical (unpaired) electrons. The Morgan fingerprint density at radius 1 is 0.944 bits per heavy atom. The molecule has 0 bridgehead atoms. The van der Waals surface area contributed by atoms with Crippen molar-refractivity contribution < 1.29 is 9.36 Å². The van der Waals surface area contributed by atoms with Crippen molar-refractivity contribution in [3.05, 3.63) is 65.7 Å². The Labute approximate surface area is 131 Å². The van der Waals surface area contributed by atoms with E-state index in [-0.39, 0.29) is 38.0 Å². The molecule has 0 unspecified atom stereocenters. The average Bonchev–Trinajstić information content (AvgIpc) is 2.40. The van der Waals surface area contributed by atoms with E-state index in [0.717, 1.165) is 0 Å². The van der Waals surface area contributed by atoms with Crippen LogP contribution in [-0.4, -0.2) is 35.8 Å². The van der Waals surface area contributed by atoms with Crippen LogP contribution in [0.5, 0.6) is 0 Å². The van der Waals surface area contributed by atoms with Gasteiger partial charge >= 0.3 is 29.6 Å². The van der Waals surface area contributed by atoms with E-state index in [2.05, 4.69) is 19.1 Å². The molecule has 0 aliphatic carbocycles. The van der Waals surface area contributed by atoms with Gasteiger partial charge in [-0.15, -0.1) is 0 Å². The van der Waals surface area contributed by atoms with Crippen molar-refractivity contribution >= 4 is 49.6 Å². The monoisotopic (exact) mass is 268 g/mol. The minimum atomic E-state index is -0.103. The molecule has 0 spiro atoms. The maximum atomic E-state index is 10.3. The molecule has 0 N–H and O–H groups in total. The molecule has 0 atom stereocenters. The van der Waals surface area contributed by atoms with Gasteiger partial charge in [-0.2, -0.15) is 0 Å². The zero-order valence-corrected chi connectivity index (χ0v) is 10.4. The molecule has 0 saturated heterocycles. The standard InChI is InChI=1S/C7H5O2P.C7H8.Na.H/c8-5-6-3-1-2-4-7(6)10-9;1-7-5-3-2-4-6-7;;/h1-5H;2-6H,1H3;;. The van der Waals surface area contributed by atoms with E-state index in [9.17, 15) is 9.36 Å². The first kappa shape index (κ1) is 17.2. The van der Waals surface area contributed by atoms with E-state index in [1.165, 1.54) is 5.56 Å². The molecule has 2 rings (SSSR count). The molecule has 2 aromatic rings. The van der Waals surface area contributed by atoms with Crippen LogP contribution in [0.1, 0.15) is 15.9 Å². The molecule has 0 amide bonds. The molecule has 88 valence electrons. The van der Waals surface area contributed by atoms with Gasteiger partial charge < -0.3 is 0 Å². The van der Waals surface area contributed by atoms with Crippen LogP contribution in [0.4, 0.5) is 0 Å². The second kappa shape index (κ2) is 10.2. The Bertz CT molecular complexity index is 459. The van der Waals surface area contributed by atoms with E-state index < -0.39 is 0 Å². The molecule has 4 heteroatoms. The number of benzene rings is 2. The summed E-state index contributed by atoms with van der Waals surface area (Å²) in [5, 5.41) is 0.539. The van der Waals surface area contributed by atoms with Gasteiger partial charge in [0.05, 0.1) is 5.30 Å². The third-order valence-corrected chi connectivity index (χ3v) is 2.71. The number of aldehydes is 1. The normalized spacial score (nSPS) is 8.72. The number of hydrogen-bond acceptors (Lipinski definition) is 2. The van der Waals surface area contributed by atoms with Gasteiger partial charge in [0.1, 0.15) is 0 Å². The van der Waals surface area contributed by atoms with Gasteiger partial charge in [0.25, 0.3) is 0 Å². The van der Waals surface area contributed by atoms with Gasteiger partial charge in [0.15, 0.2) is 14.7 Å². The molecule has 0 fully saturated rings. The molecule has 0 aliphatic rings. The summed E-state index contributed by atoms with van der Waals surface area (Å²) < 4.78 is 10.3. The molecule has 18 heavy (non-hydrogen) atoms. The molecule has 0 saturated carbocycles. The van der Waals surface area contributed by atoms with Crippen molar-refractivity contribution in [1.82, 2.24) is 0 Å². The minimum absolute atomic E-state index is 0. The molecule has 0 aromatic heterocycles. The second-order valence-corrected chi connectivity index (χ2v) is 4.09. The molecule has 2 aromatic carbocycles. The van der Waals surface area contributed by atoms with Crippen molar-refractivity contribution in [3.8, 4) is 0 Å². The predicted molar refractivity (Wildman–Crippen MR) is 77.4 cm³/mol. The van der Waals surface area contributed by atoms with Crippen molar-refractivity contribution in [1.29, 1.82) is 0 Å². The van der Waals surface area contributed by atoms with E-state index in [4.69, 9.17) is 0 Å². The van der Waals surface area contributed by atoms with Crippen LogP contribution in [0, 0.1) is 6.92 Å². The average molecular weight is 268 g/mol.